The van der Waals surface area contributed by atoms with E-state index in [1.54, 1.807) is 0 Å². The third-order valence-electron chi connectivity index (χ3n) is 2.88. The molecule has 1 aromatic rings. The summed E-state index contributed by atoms with van der Waals surface area (Å²) in [6.45, 7) is 4.34. The van der Waals surface area contributed by atoms with Crippen molar-refractivity contribution in [3.63, 3.8) is 0 Å². The first-order valence-corrected chi connectivity index (χ1v) is 6.23. The Labute approximate surface area is 108 Å². The molecule has 2 atom stereocenters. The van der Waals surface area contributed by atoms with Crippen LogP contribution in [0.2, 0.25) is 0 Å². The fraction of sp³-hybridized carbons (Fsp3) is 0.500. The number of nitrogens with two attached hydrogens (primary N) is 2. The fourth-order valence-electron chi connectivity index (χ4n) is 1.88. The number of hydrogen-bond donors (Lipinski definition) is 3. The van der Waals surface area contributed by atoms with Crippen molar-refractivity contribution in [2.24, 2.45) is 17.4 Å². The molecule has 0 saturated carbocycles. The van der Waals surface area contributed by atoms with Gasteiger partial charge < -0.3 is 16.6 Å². The van der Waals surface area contributed by atoms with Crippen molar-refractivity contribution in [3.8, 4) is 0 Å². The van der Waals surface area contributed by atoms with Gasteiger partial charge in [0.25, 0.3) is 0 Å². The van der Waals surface area contributed by atoms with E-state index in [9.17, 15) is 4.79 Å². The van der Waals surface area contributed by atoms with Gasteiger partial charge in [0.15, 0.2) is 0 Å². The van der Waals surface area contributed by atoms with Crippen molar-refractivity contribution in [1.29, 1.82) is 0 Å². The smallest absolute Gasteiger partial charge is 0.320 e. The highest BCUT2D eigenvalue weighted by molar-refractivity contribution is 5.73. The Balaban J connectivity index is 2.64. The number of carboxylic acid groups (broad SMARTS) is 1. The van der Waals surface area contributed by atoms with Crippen molar-refractivity contribution in [2.75, 3.05) is 0 Å². The largest absolute Gasteiger partial charge is 0.480 e. The normalized spacial score (nSPS) is 14.5. The summed E-state index contributed by atoms with van der Waals surface area (Å²) in [6, 6.07) is 6.76. The van der Waals surface area contributed by atoms with Gasteiger partial charge in [0.2, 0.25) is 0 Å². The van der Waals surface area contributed by atoms with Gasteiger partial charge in [-0.3, -0.25) is 4.79 Å². The molecule has 0 radical (unpaired) electrons. The van der Waals surface area contributed by atoms with Crippen LogP contribution in [0.1, 0.15) is 37.4 Å². The molecule has 0 aliphatic rings. The zero-order valence-corrected chi connectivity index (χ0v) is 11.0. The summed E-state index contributed by atoms with van der Waals surface area (Å²) < 4.78 is 0. The van der Waals surface area contributed by atoms with Crippen LogP contribution in [0.25, 0.3) is 0 Å². The molecule has 1 rings (SSSR count). The quantitative estimate of drug-likeness (QED) is 0.716. The second-order valence-electron chi connectivity index (χ2n) is 5.13. The topological polar surface area (TPSA) is 89.3 Å². The monoisotopic (exact) mass is 250 g/mol. The van der Waals surface area contributed by atoms with E-state index >= 15 is 0 Å². The molecule has 5 N–H and O–H groups in total. The van der Waals surface area contributed by atoms with Gasteiger partial charge in [-0.2, -0.15) is 0 Å². The van der Waals surface area contributed by atoms with Gasteiger partial charge in [0.05, 0.1) is 0 Å². The van der Waals surface area contributed by atoms with E-state index in [1.807, 2.05) is 24.3 Å². The van der Waals surface area contributed by atoms with Crippen molar-refractivity contribution in [1.82, 2.24) is 0 Å². The summed E-state index contributed by atoms with van der Waals surface area (Å²) in [5.74, 6) is -0.396. The van der Waals surface area contributed by atoms with Crippen LogP contribution in [-0.2, 0) is 11.2 Å². The molecule has 0 aliphatic carbocycles. The number of hydrogen-bond acceptors (Lipinski definition) is 3. The second kappa shape index (κ2) is 6.52. The predicted molar refractivity (Wildman–Crippen MR) is 72.1 cm³/mol. The molecule has 1 aromatic carbocycles. The van der Waals surface area contributed by atoms with Crippen LogP contribution < -0.4 is 11.5 Å². The number of carboxylic acids is 1. The molecule has 0 saturated heterocycles. The maximum Gasteiger partial charge on any atom is 0.320 e. The molecule has 18 heavy (non-hydrogen) atoms. The van der Waals surface area contributed by atoms with E-state index in [4.69, 9.17) is 16.6 Å². The first-order chi connectivity index (χ1) is 8.40. The molecule has 0 fully saturated rings. The Kier molecular flexibility index (Phi) is 5.31. The van der Waals surface area contributed by atoms with Crippen molar-refractivity contribution in [2.45, 2.75) is 38.8 Å². The van der Waals surface area contributed by atoms with Gasteiger partial charge in [0.1, 0.15) is 6.04 Å². The summed E-state index contributed by atoms with van der Waals surface area (Å²) in [5, 5.41) is 8.74. The molecule has 4 heteroatoms. The number of benzene rings is 1. The van der Waals surface area contributed by atoms with E-state index < -0.39 is 12.0 Å². The van der Waals surface area contributed by atoms with Crippen LogP contribution in [0, 0.1) is 5.92 Å². The number of carbonyl (C=O) groups is 1. The Hall–Kier alpha value is -1.39. The van der Waals surface area contributed by atoms with Crippen molar-refractivity contribution in [3.05, 3.63) is 35.4 Å². The van der Waals surface area contributed by atoms with Crippen LogP contribution in [-0.4, -0.2) is 17.1 Å². The predicted octanol–water partition coefficient (Wildman–Crippen LogP) is 1.69. The zero-order valence-electron chi connectivity index (χ0n) is 11.0. The maximum atomic E-state index is 10.7. The minimum Gasteiger partial charge on any atom is -0.480 e. The van der Waals surface area contributed by atoms with Gasteiger partial charge in [-0.1, -0.05) is 38.1 Å². The van der Waals surface area contributed by atoms with E-state index in [1.165, 1.54) is 5.56 Å². The third kappa shape index (κ3) is 4.47. The van der Waals surface area contributed by atoms with Crippen LogP contribution in [0.5, 0.6) is 0 Å². The summed E-state index contributed by atoms with van der Waals surface area (Å²) in [5.41, 5.74) is 13.6. The highest BCUT2D eigenvalue weighted by atomic mass is 16.4. The van der Waals surface area contributed by atoms with Crippen LogP contribution >= 0.6 is 0 Å². The molecule has 0 aromatic heterocycles. The van der Waals surface area contributed by atoms with Gasteiger partial charge in [-0.25, -0.2) is 0 Å². The Morgan fingerprint density at radius 1 is 1.22 bits per heavy atom. The molecule has 0 amide bonds. The molecule has 4 nitrogen and oxygen atoms in total. The first-order valence-electron chi connectivity index (χ1n) is 6.23. The minimum atomic E-state index is -1.01. The SMILES string of the molecule is CC(C)Cc1ccc(C(N)CC(N)C(=O)O)cc1. The van der Waals surface area contributed by atoms with Gasteiger partial charge in [-0.05, 0) is 29.9 Å². The highest BCUT2D eigenvalue weighted by Gasteiger charge is 2.17. The second-order valence-corrected chi connectivity index (χ2v) is 5.13. The average Bonchev–Trinajstić information content (AvgIpc) is 2.28. The first kappa shape index (κ1) is 14.7. The van der Waals surface area contributed by atoms with Crippen LogP contribution in [0.4, 0.5) is 0 Å². The summed E-state index contributed by atoms with van der Waals surface area (Å²) in [4.78, 5) is 10.7. The number of aliphatic carboxylic acids is 1. The minimum absolute atomic E-state index is 0.249. The zero-order chi connectivity index (χ0) is 13.7. The van der Waals surface area contributed by atoms with E-state index in [0.717, 1.165) is 12.0 Å². The maximum absolute atomic E-state index is 10.7. The van der Waals surface area contributed by atoms with Crippen molar-refractivity contribution < 1.29 is 9.90 Å². The molecular formula is C14H22N2O2. The molecule has 0 heterocycles. The van der Waals surface area contributed by atoms with Gasteiger partial charge >= 0.3 is 5.97 Å². The molecule has 0 spiro atoms. The lowest BCUT2D eigenvalue weighted by molar-refractivity contribution is -0.138. The molecule has 2 unspecified atom stereocenters. The average molecular weight is 250 g/mol. The Bertz CT molecular complexity index is 387. The van der Waals surface area contributed by atoms with E-state index in [0.29, 0.717) is 5.92 Å². The fourth-order valence-corrected chi connectivity index (χ4v) is 1.88. The lowest BCUT2D eigenvalue weighted by Gasteiger charge is -2.15. The molecular weight excluding hydrogens is 228 g/mol. The Morgan fingerprint density at radius 2 is 1.78 bits per heavy atom. The summed E-state index contributed by atoms with van der Waals surface area (Å²) >= 11 is 0. The van der Waals surface area contributed by atoms with Crippen LogP contribution in [0.3, 0.4) is 0 Å². The lowest BCUT2D eigenvalue weighted by atomic mass is 9.97. The lowest BCUT2D eigenvalue weighted by Crippen LogP contribution is -2.33. The molecule has 0 aliphatic heterocycles. The Morgan fingerprint density at radius 3 is 2.22 bits per heavy atom. The highest BCUT2D eigenvalue weighted by Crippen LogP contribution is 2.17. The summed E-state index contributed by atoms with van der Waals surface area (Å²) in [6.07, 6.45) is 1.28. The third-order valence-corrected chi connectivity index (χ3v) is 2.88. The van der Waals surface area contributed by atoms with Crippen LogP contribution in [0.15, 0.2) is 24.3 Å². The molecule has 100 valence electrons. The van der Waals surface area contributed by atoms with Gasteiger partial charge in [0, 0.05) is 6.04 Å². The van der Waals surface area contributed by atoms with Crippen molar-refractivity contribution >= 4 is 5.97 Å². The van der Waals surface area contributed by atoms with E-state index in [-0.39, 0.29) is 12.5 Å². The summed E-state index contributed by atoms with van der Waals surface area (Å²) in [7, 11) is 0. The molecule has 0 bridgehead atoms. The standard InChI is InChI=1S/C14H22N2O2/c1-9(2)7-10-3-5-11(6-4-10)12(15)8-13(16)14(17)18/h3-6,9,12-13H,7-8,15-16H2,1-2H3,(H,17,18). The van der Waals surface area contributed by atoms with E-state index in [2.05, 4.69) is 13.8 Å². The van der Waals surface area contributed by atoms with Gasteiger partial charge in [-0.15, -0.1) is 0 Å². The number of rotatable bonds is 6.